The van der Waals surface area contributed by atoms with Gasteiger partial charge in [-0.15, -0.1) is 0 Å². The summed E-state index contributed by atoms with van der Waals surface area (Å²) >= 11 is 0. The second kappa shape index (κ2) is 9.40. The van der Waals surface area contributed by atoms with E-state index in [-0.39, 0.29) is 22.8 Å². The van der Waals surface area contributed by atoms with E-state index in [1.54, 1.807) is 12.3 Å². The van der Waals surface area contributed by atoms with E-state index >= 15 is 0 Å². The summed E-state index contributed by atoms with van der Waals surface area (Å²) in [6.07, 6.45) is 5.19. The summed E-state index contributed by atoms with van der Waals surface area (Å²) in [5, 5.41) is 10.3. The van der Waals surface area contributed by atoms with Gasteiger partial charge in [-0.25, -0.2) is 9.97 Å². The standard InChI is InChI=1S/C29H39N7O/c1-28(2)20-8-10-29(28,3)23(18-20)33-27(37)22-9-11-32-26-24(22)34-25(35-26)19-4-6-21(7-5-19)31-14-17-36-15-12-30-13-16-36/h4-7,9,11,20,23,30-31H,8,10,12-18H2,1-3H3,(H,33,37)(H,32,34,35)/t20?,23-,29-/m0/s1. The minimum atomic E-state index is -0.0405. The van der Waals surface area contributed by atoms with Crippen molar-refractivity contribution >= 4 is 22.8 Å². The van der Waals surface area contributed by atoms with Gasteiger partial charge in [0.2, 0.25) is 0 Å². The molecule has 1 aliphatic heterocycles. The van der Waals surface area contributed by atoms with Crippen molar-refractivity contribution < 1.29 is 4.79 Å². The van der Waals surface area contributed by atoms with Gasteiger partial charge < -0.3 is 20.9 Å². The smallest absolute Gasteiger partial charge is 0.253 e. The number of H-pyrrole nitrogens is 1. The lowest BCUT2D eigenvalue weighted by atomic mass is 9.69. The summed E-state index contributed by atoms with van der Waals surface area (Å²) in [6.45, 7) is 13.4. The summed E-state index contributed by atoms with van der Waals surface area (Å²) in [5.74, 6) is 1.36. The SMILES string of the molecule is CC1(C)C2CC[C@@]1(C)[C@@H](NC(=O)c1ccnc3nc(-c4ccc(NCCN5CCNCC5)cc4)[nH]c13)C2. The van der Waals surface area contributed by atoms with Crippen molar-refractivity contribution in [2.45, 2.75) is 46.1 Å². The van der Waals surface area contributed by atoms with Crippen LogP contribution < -0.4 is 16.0 Å². The Bertz CT molecular complexity index is 1280. The lowest BCUT2D eigenvalue weighted by Gasteiger charge is -2.39. The molecule has 1 unspecified atom stereocenters. The van der Waals surface area contributed by atoms with Crippen LogP contribution in [0.1, 0.15) is 50.4 Å². The second-order valence-corrected chi connectivity index (χ2v) is 11.9. The predicted molar refractivity (Wildman–Crippen MR) is 148 cm³/mol. The summed E-state index contributed by atoms with van der Waals surface area (Å²) in [4.78, 5) is 28.5. The number of carbonyl (C=O) groups is 1. The summed E-state index contributed by atoms with van der Waals surface area (Å²) in [6, 6.07) is 10.3. The van der Waals surface area contributed by atoms with Gasteiger partial charge in [0, 0.05) is 62.8 Å². The van der Waals surface area contributed by atoms with E-state index in [0.717, 1.165) is 62.8 Å². The number of imidazole rings is 1. The van der Waals surface area contributed by atoms with Crippen LogP contribution >= 0.6 is 0 Å². The number of nitrogens with one attached hydrogen (secondary N) is 4. The predicted octanol–water partition coefficient (Wildman–Crippen LogP) is 3.89. The molecule has 2 aromatic heterocycles. The molecular formula is C29H39N7O. The molecule has 3 fully saturated rings. The Morgan fingerprint density at radius 3 is 2.62 bits per heavy atom. The van der Waals surface area contributed by atoms with Gasteiger partial charge >= 0.3 is 0 Å². The fourth-order valence-electron chi connectivity index (χ4n) is 6.93. The molecular weight excluding hydrogens is 462 g/mol. The number of fused-ring (bicyclic) bond motifs is 3. The van der Waals surface area contributed by atoms with Gasteiger partial charge in [0.25, 0.3) is 5.91 Å². The van der Waals surface area contributed by atoms with Crippen LogP contribution in [0.25, 0.3) is 22.6 Å². The topological polar surface area (TPSA) is 98.0 Å². The Balaban J connectivity index is 1.14. The molecule has 6 rings (SSSR count). The highest BCUT2D eigenvalue weighted by Gasteiger charge is 2.61. The van der Waals surface area contributed by atoms with Gasteiger partial charge in [0.15, 0.2) is 5.65 Å². The molecule has 37 heavy (non-hydrogen) atoms. The van der Waals surface area contributed by atoms with Crippen molar-refractivity contribution in [3.8, 4) is 11.4 Å². The maximum Gasteiger partial charge on any atom is 0.253 e. The zero-order valence-electron chi connectivity index (χ0n) is 22.2. The fourth-order valence-corrected chi connectivity index (χ4v) is 6.93. The number of pyridine rings is 1. The van der Waals surface area contributed by atoms with Crippen molar-refractivity contribution in [1.29, 1.82) is 0 Å². The average Bonchev–Trinajstić information content (AvgIpc) is 3.49. The summed E-state index contributed by atoms with van der Waals surface area (Å²) < 4.78 is 0. The molecule has 0 spiro atoms. The Labute approximate surface area is 219 Å². The third-order valence-corrected chi connectivity index (χ3v) is 9.86. The molecule has 3 aromatic rings. The largest absolute Gasteiger partial charge is 0.384 e. The average molecular weight is 502 g/mol. The zero-order chi connectivity index (χ0) is 25.6. The first kappa shape index (κ1) is 24.4. The number of piperazine rings is 1. The molecule has 3 heterocycles. The summed E-state index contributed by atoms with van der Waals surface area (Å²) in [7, 11) is 0. The van der Waals surface area contributed by atoms with Crippen molar-refractivity contribution in [2.75, 3.05) is 44.6 Å². The first-order chi connectivity index (χ1) is 17.8. The van der Waals surface area contributed by atoms with Crippen LogP contribution in [0.2, 0.25) is 0 Å². The van der Waals surface area contributed by atoms with Crippen LogP contribution in [-0.2, 0) is 0 Å². The molecule has 196 valence electrons. The number of carbonyl (C=O) groups excluding carboxylic acids is 1. The quantitative estimate of drug-likeness (QED) is 0.392. The number of aromatic nitrogens is 3. The number of rotatable bonds is 7. The van der Waals surface area contributed by atoms with Crippen molar-refractivity contribution in [3.05, 3.63) is 42.1 Å². The van der Waals surface area contributed by atoms with Crippen LogP contribution in [-0.4, -0.2) is 71.1 Å². The van der Waals surface area contributed by atoms with Crippen LogP contribution in [0.3, 0.4) is 0 Å². The third kappa shape index (κ3) is 4.30. The first-order valence-electron chi connectivity index (χ1n) is 13.8. The highest BCUT2D eigenvalue weighted by Crippen LogP contribution is 2.65. The first-order valence-corrected chi connectivity index (χ1v) is 13.8. The molecule has 0 radical (unpaired) electrons. The Morgan fingerprint density at radius 1 is 1.14 bits per heavy atom. The van der Waals surface area contributed by atoms with Crippen LogP contribution in [0, 0.1) is 16.7 Å². The molecule has 8 nitrogen and oxygen atoms in total. The van der Waals surface area contributed by atoms with Gasteiger partial charge in [-0.2, -0.15) is 0 Å². The van der Waals surface area contributed by atoms with E-state index in [0.29, 0.717) is 22.6 Å². The van der Waals surface area contributed by atoms with E-state index in [2.05, 4.69) is 75.9 Å². The Hall–Kier alpha value is -2.97. The number of aromatic amines is 1. The highest BCUT2D eigenvalue weighted by atomic mass is 16.1. The third-order valence-electron chi connectivity index (χ3n) is 9.86. The van der Waals surface area contributed by atoms with Gasteiger partial charge in [-0.3, -0.25) is 9.69 Å². The van der Waals surface area contributed by atoms with Gasteiger partial charge in [0.05, 0.1) is 11.1 Å². The maximum absolute atomic E-state index is 13.4. The number of nitrogens with zero attached hydrogens (tertiary/aromatic N) is 3. The zero-order valence-corrected chi connectivity index (χ0v) is 22.2. The molecule has 2 bridgehead atoms. The molecule has 2 aliphatic carbocycles. The van der Waals surface area contributed by atoms with Crippen LogP contribution in [0.5, 0.6) is 0 Å². The van der Waals surface area contributed by atoms with E-state index < -0.39 is 0 Å². The fraction of sp³-hybridized carbons (Fsp3) is 0.552. The van der Waals surface area contributed by atoms with Crippen LogP contribution in [0.15, 0.2) is 36.5 Å². The van der Waals surface area contributed by atoms with Crippen LogP contribution in [0.4, 0.5) is 5.69 Å². The van der Waals surface area contributed by atoms with E-state index in [4.69, 9.17) is 4.98 Å². The number of benzene rings is 1. The molecule has 1 aromatic carbocycles. The van der Waals surface area contributed by atoms with Crippen molar-refractivity contribution in [3.63, 3.8) is 0 Å². The van der Waals surface area contributed by atoms with Gasteiger partial charge in [0.1, 0.15) is 5.82 Å². The number of hydrogen-bond acceptors (Lipinski definition) is 6. The van der Waals surface area contributed by atoms with Gasteiger partial charge in [-0.05, 0) is 66.3 Å². The monoisotopic (exact) mass is 501 g/mol. The number of anilines is 1. The van der Waals surface area contributed by atoms with Crippen molar-refractivity contribution in [2.24, 2.45) is 16.7 Å². The van der Waals surface area contributed by atoms with E-state index in [1.807, 2.05) is 0 Å². The Kier molecular flexibility index (Phi) is 6.19. The minimum absolute atomic E-state index is 0.0405. The number of amides is 1. The molecule has 1 amide bonds. The molecule has 3 aliphatic rings. The van der Waals surface area contributed by atoms with E-state index in [9.17, 15) is 4.79 Å². The summed E-state index contributed by atoms with van der Waals surface area (Å²) in [5.41, 5.74) is 4.33. The normalized spacial score (nSPS) is 27.0. The lowest BCUT2D eigenvalue weighted by molar-refractivity contribution is 0.0827. The molecule has 1 saturated heterocycles. The maximum atomic E-state index is 13.4. The molecule has 8 heteroatoms. The van der Waals surface area contributed by atoms with Crippen molar-refractivity contribution in [1.82, 2.24) is 30.5 Å². The van der Waals surface area contributed by atoms with Gasteiger partial charge in [-0.1, -0.05) is 20.8 Å². The number of hydrogen-bond donors (Lipinski definition) is 4. The molecule has 2 saturated carbocycles. The highest BCUT2D eigenvalue weighted by molar-refractivity contribution is 6.04. The Morgan fingerprint density at radius 2 is 1.92 bits per heavy atom. The van der Waals surface area contributed by atoms with E-state index in [1.165, 1.54) is 12.8 Å². The second-order valence-electron chi connectivity index (χ2n) is 11.9. The minimum Gasteiger partial charge on any atom is -0.384 e. The molecule has 3 atom stereocenters. The molecule has 4 N–H and O–H groups in total. The lowest BCUT2D eigenvalue weighted by Crippen LogP contribution is -2.46.